The topological polar surface area (TPSA) is 33.2 Å². The number of amides is 1. The number of carbonyl (C=O) groups is 1. The molecular weight excluding hydrogens is 268 g/mol. The molecule has 0 bridgehead atoms. The van der Waals surface area contributed by atoms with Gasteiger partial charge in [0.25, 0.3) is 5.91 Å². The predicted molar refractivity (Wildman–Crippen MR) is 84.4 cm³/mol. The third-order valence-corrected chi connectivity index (χ3v) is 3.52. The Balaban J connectivity index is 2.37. The van der Waals surface area contributed by atoms with Gasteiger partial charge in [0.05, 0.1) is 11.4 Å². The SMILES string of the molecule is C/C=C/C=C/C(=O)N(c1ccccc1)c1nc(C)cs1. The summed E-state index contributed by atoms with van der Waals surface area (Å²) in [7, 11) is 0. The first kappa shape index (κ1) is 14.2. The minimum absolute atomic E-state index is 0.108. The van der Waals surface area contributed by atoms with Gasteiger partial charge in [-0.3, -0.25) is 9.69 Å². The van der Waals surface area contributed by atoms with Crippen LogP contribution in [0.1, 0.15) is 12.6 Å². The number of carbonyl (C=O) groups excluding carboxylic acids is 1. The van der Waals surface area contributed by atoms with Gasteiger partial charge in [0.1, 0.15) is 0 Å². The molecule has 0 saturated carbocycles. The average Bonchev–Trinajstić information content (AvgIpc) is 2.87. The van der Waals surface area contributed by atoms with Crippen LogP contribution in [0.3, 0.4) is 0 Å². The van der Waals surface area contributed by atoms with Crippen molar-refractivity contribution in [3.63, 3.8) is 0 Å². The van der Waals surface area contributed by atoms with Gasteiger partial charge in [0, 0.05) is 11.5 Å². The lowest BCUT2D eigenvalue weighted by Gasteiger charge is -2.18. The van der Waals surface area contributed by atoms with Crippen LogP contribution in [0.5, 0.6) is 0 Å². The van der Waals surface area contributed by atoms with E-state index in [0.29, 0.717) is 5.13 Å². The number of benzene rings is 1. The fourth-order valence-corrected chi connectivity index (χ4v) is 2.50. The Hall–Kier alpha value is -2.20. The van der Waals surface area contributed by atoms with E-state index in [4.69, 9.17) is 0 Å². The number of aromatic nitrogens is 1. The molecule has 1 amide bonds. The minimum Gasteiger partial charge on any atom is -0.269 e. The van der Waals surface area contributed by atoms with Crippen molar-refractivity contribution in [3.8, 4) is 0 Å². The van der Waals surface area contributed by atoms with Crippen molar-refractivity contribution in [1.29, 1.82) is 0 Å². The lowest BCUT2D eigenvalue weighted by Crippen LogP contribution is -2.23. The average molecular weight is 284 g/mol. The van der Waals surface area contributed by atoms with E-state index in [0.717, 1.165) is 11.4 Å². The molecule has 0 aliphatic heterocycles. The van der Waals surface area contributed by atoms with Crippen LogP contribution >= 0.6 is 11.3 Å². The molecule has 1 aromatic heterocycles. The summed E-state index contributed by atoms with van der Waals surface area (Å²) < 4.78 is 0. The lowest BCUT2D eigenvalue weighted by molar-refractivity contribution is -0.113. The van der Waals surface area contributed by atoms with Crippen molar-refractivity contribution in [1.82, 2.24) is 4.98 Å². The summed E-state index contributed by atoms with van der Waals surface area (Å²) in [6.07, 6.45) is 6.99. The Labute approximate surface area is 122 Å². The number of anilines is 2. The number of hydrogen-bond donors (Lipinski definition) is 0. The third kappa shape index (κ3) is 3.42. The number of nitrogens with zero attached hydrogens (tertiary/aromatic N) is 2. The van der Waals surface area contributed by atoms with E-state index in [1.165, 1.54) is 11.3 Å². The molecule has 1 aromatic carbocycles. The lowest BCUT2D eigenvalue weighted by atomic mass is 10.3. The highest BCUT2D eigenvalue weighted by Gasteiger charge is 2.18. The maximum absolute atomic E-state index is 12.4. The second kappa shape index (κ2) is 6.82. The van der Waals surface area contributed by atoms with Crippen LogP contribution in [-0.2, 0) is 4.79 Å². The summed E-state index contributed by atoms with van der Waals surface area (Å²) in [5.41, 5.74) is 1.73. The number of thiazole rings is 1. The predicted octanol–water partition coefficient (Wildman–Crippen LogP) is 4.25. The van der Waals surface area contributed by atoms with E-state index < -0.39 is 0 Å². The minimum atomic E-state index is -0.108. The molecule has 0 fully saturated rings. The maximum Gasteiger partial charge on any atom is 0.257 e. The molecule has 0 aliphatic carbocycles. The Bertz CT molecular complexity index is 629. The van der Waals surface area contributed by atoms with Gasteiger partial charge >= 0.3 is 0 Å². The zero-order chi connectivity index (χ0) is 14.4. The molecule has 4 heteroatoms. The van der Waals surface area contributed by atoms with Crippen molar-refractivity contribution in [2.75, 3.05) is 4.90 Å². The molecule has 2 rings (SSSR count). The quantitative estimate of drug-likeness (QED) is 0.621. The highest BCUT2D eigenvalue weighted by atomic mass is 32.1. The molecule has 20 heavy (non-hydrogen) atoms. The Morgan fingerprint density at radius 3 is 2.60 bits per heavy atom. The van der Waals surface area contributed by atoms with Crippen molar-refractivity contribution in [3.05, 3.63) is 65.7 Å². The summed E-state index contributed by atoms with van der Waals surface area (Å²) >= 11 is 1.46. The fourth-order valence-electron chi connectivity index (χ4n) is 1.68. The fraction of sp³-hybridized carbons (Fsp3) is 0.125. The van der Waals surface area contributed by atoms with Crippen molar-refractivity contribution in [2.45, 2.75) is 13.8 Å². The summed E-state index contributed by atoms with van der Waals surface area (Å²) in [5, 5.41) is 2.62. The highest BCUT2D eigenvalue weighted by Crippen LogP contribution is 2.28. The Kier molecular flexibility index (Phi) is 4.85. The summed E-state index contributed by atoms with van der Waals surface area (Å²) in [6, 6.07) is 9.54. The van der Waals surface area contributed by atoms with Crippen LogP contribution in [0.15, 0.2) is 60.0 Å². The van der Waals surface area contributed by atoms with E-state index in [9.17, 15) is 4.79 Å². The zero-order valence-corrected chi connectivity index (χ0v) is 12.3. The molecule has 0 spiro atoms. The Morgan fingerprint density at radius 2 is 2.00 bits per heavy atom. The molecule has 2 aromatic rings. The van der Waals surface area contributed by atoms with Crippen LogP contribution in [0.2, 0.25) is 0 Å². The van der Waals surface area contributed by atoms with Crippen LogP contribution < -0.4 is 4.90 Å². The van der Waals surface area contributed by atoms with Crippen LogP contribution in [-0.4, -0.2) is 10.9 Å². The first-order valence-corrected chi connectivity index (χ1v) is 7.21. The summed E-state index contributed by atoms with van der Waals surface area (Å²) in [4.78, 5) is 18.4. The number of allylic oxidation sites excluding steroid dienone is 3. The number of rotatable bonds is 4. The van der Waals surface area contributed by atoms with Crippen LogP contribution in [0, 0.1) is 6.92 Å². The van der Waals surface area contributed by atoms with Gasteiger partial charge in [0.15, 0.2) is 5.13 Å². The largest absolute Gasteiger partial charge is 0.269 e. The van der Waals surface area contributed by atoms with Crippen LogP contribution in [0.4, 0.5) is 10.8 Å². The molecule has 0 aliphatic rings. The van der Waals surface area contributed by atoms with Crippen molar-refractivity contribution < 1.29 is 4.79 Å². The maximum atomic E-state index is 12.4. The molecule has 1 heterocycles. The van der Waals surface area contributed by atoms with Crippen molar-refractivity contribution >= 4 is 28.1 Å². The van der Waals surface area contributed by atoms with Gasteiger partial charge in [-0.25, -0.2) is 4.98 Å². The molecule has 0 radical (unpaired) electrons. The van der Waals surface area contributed by atoms with Gasteiger partial charge in [-0.2, -0.15) is 0 Å². The molecular formula is C16H16N2OS. The molecule has 0 N–H and O–H groups in total. The van der Waals surface area contributed by atoms with Crippen molar-refractivity contribution in [2.24, 2.45) is 0 Å². The molecule has 0 saturated heterocycles. The number of para-hydroxylation sites is 1. The number of aryl methyl sites for hydroxylation is 1. The molecule has 0 unspecified atom stereocenters. The van der Waals surface area contributed by atoms with Gasteiger partial charge in [-0.1, -0.05) is 36.4 Å². The van der Waals surface area contributed by atoms with E-state index in [-0.39, 0.29) is 5.91 Å². The summed E-state index contributed by atoms with van der Waals surface area (Å²) in [6.45, 7) is 3.83. The number of hydrogen-bond acceptors (Lipinski definition) is 3. The molecule has 3 nitrogen and oxygen atoms in total. The van der Waals surface area contributed by atoms with E-state index in [1.54, 1.807) is 17.1 Å². The van der Waals surface area contributed by atoms with E-state index in [1.807, 2.05) is 61.7 Å². The monoisotopic (exact) mass is 284 g/mol. The first-order valence-electron chi connectivity index (χ1n) is 6.33. The second-order valence-electron chi connectivity index (χ2n) is 4.17. The second-order valence-corrected chi connectivity index (χ2v) is 5.00. The molecule has 0 atom stereocenters. The normalized spacial score (nSPS) is 11.3. The van der Waals surface area contributed by atoms with Gasteiger partial charge in [-0.15, -0.1) is 11.3 Å². The molecule has 102 valence electrons. The van der Waals surface area contributed by atoms with Gasteiger partial charge in [-0.05, 0) is 26.0 Å². The Morgan fingerprint density at radius 1 is 1.25 bits per heavy atom. The summed E-state index contributed by atoms with van der Waals surface area (Å²) in [5.74, 6) is -0.108. The third-order valence-electron chi connectivity index (χ3n) is 2.58. The van der Waals surface area contributed by atoms with Crippen LogP contribution in [0.25, 0.3) is 0 Å². The highest BCUT2D eigenvalue weighted by molar-refractivity contribution is 7.14. The standard InChI is InChI=1S/C16H16N2OS/c1-3-4-6-11-15(19)18(14-9-7-5-8-10-14)16-17-13(2)12-20-16/h3-12H,1-2H3/b4-3+,11-6+. The van der Waals surface area contributed by atoms with E-state index >= 15 is 0 Å². The van der Waals surface area contributed by atoms with Gasteiger partial charge in [0.2, 0.25) is 0 Å². The van der Waals surface area contributed by atoms with Gasteiger partial charge < -0.3 is 0 Å². The smallest absolute Gasteiger partial charge is 0.257 e. The zero-order valence-electron chi connectivity index (χ0n) is 11.5. The van der Waals surface area contributed by atoms with E-state index in [2.05, 4.69) is 4.98 Å². The first-order chi connectivity index (χ1) is 9.72.